The Bertz CT molecular complexity index is 1050. The number of nitrogens with zero attached hydrogens (tertiary/aromatic N) is 2. The smallest absolute Gasteiger partial charge is 0.323 e. The molecule has 1 aliphatic rings. The highest BCUT2D eigenvalue weighted by atomic mass is 16.2. The van der Waals surface area contributed by atoms with Crippen LogP contribution in [-0.4, -0.2) is 29.3 Å². The molecular formula is C23H24N4O3. The van der Waals surface area contributed by atoms with Crippen LogP contribution in [0.25, 0.3) is 0 Å². The maximum absolute atomic E-state index is 13.0. The first kappa shape index (κ1) is 21.1. The van der Waals surface area contributed by atoms with Crippen LogP contribution in [0.1, 0.15) is 44.4 Å². The van der Waals surface area contributed by atoms with E-state index in [2.05, 4.69) is 31.4 Å². The maximum Gasteiger partial charge on any atom is 0.325 e. The van der Waals surface area contributed by atoms with Gasteiger partial charge in [-0.2, -0.15) is 5.26 Å². The Kier molecular flexibility index (Phi) is 5.36. The lowest BCUT2D eigenvalue weighted by atomic mass is 9.84. The number of anilines is 1. The molecule has 7 heteroatoms. The van der Waals surface area contributed by atoms with E-state index in [1.54, 1.807) is 31.2 Å². The Balaban J connectivity index is 1.77. The maximum atomic E-state index is 13.0. The summed E-state index contributed by atoms with van der Waals surface area (Å²) < 4.78 is 0. The van der Waals surface area contributed by atoms with Crippen molar-refractivity contribution >= 4 is 23.5 Å². The van der Waals surface area contributed by atoms with Crippen molar-refractivity contribution in [1.29, 1.82) is 5.26 Å². The highest BCUT2D eigenvalue weighted by Gasteiger charge is 2.49. The zero-order valence-electron chi connectivity index (χ0n) is 17.4. The minimum atomic E-state index is -1.25. The van der Waals surface area contributed by atoms with Crippen molar-refractivity contribution in [1.82, 2.24) is 10.2 Å². The molecule has 30 heavy (non-hydrogen) atoms. The molecule has 7 nitrogen and oxygen atoms in total. The van der Waals surface area contributed by atoms with Gasteiger partial charge in [0.05, 0.1) is 11.3 Å². The first-order valence-corrected chi connectivity index (χ1v) is 9.60. The largest absolute Gasteiger partial charge is 0.325 e. The van der Waals surface area contributed by atoms with E-state index in [4.69, 9.17) is 5.26 Å². The van der Waals surface area contributed by atoms with Gasteiger partial charge in [0.15, 0.2) is 0 Å². The molecule has 1 heterocycles. The van der Waals surface area contributed by atoms with Crippen molar-refractivity contribution in [2.75, 3.05) is 11.9 Å². The van der Waals surface area contributed by atoms with E-state index >= 15 is 0 Å². The van der Waals surface area contributed by atoms with Crippen LogP contribution in [0.15, 0.2) is 48.5 Å². The summed E-state index contributed by atoms with van der Waals surface area (Å²) in [6.45, 7) is 7.47. The third kappa shape index (κ3) is 3.90. The van der Waals surface area contributed by atoms with Gasteiger partial charge < -0.3 is 10.6 Å². The monoisotopic (exact) mass is 404 g/mol. The van der Waals surface area contributed by atoms with Gasteiger partial charge in [-0.1, -0.05) is 57.2 Å². The van der Waals surface area contributed by atoms with Crippen LogP contribution in [0.2, 0.25) is 0 Å². The Morgan fingerprint density at radius 3 is 2.37 bits per heavy atom. The average Bonchev–Trinajstić information content (AvgIpc) is 2.92. The molecule has 2 aromatic rings. The van der Waals surface area contributed by atoms with Gasteiger partial charge in [-0.05, 0) is 35.6 Å². The second kappa shape index (κ2) is 7.64. The number of nitrogens with one attached hydrogen (secondary N) is 2. The molecule has 154 valence electrons. The summed E-state index contributed by atoms with van der Waals surface area (Å²) in [6.07, 6.45) is 0. The predicted octanol–water partition coefficient (Wildman–Crippen LogP) is 3.26. The van der Waals surface area contributed by atoms with Gasteiger partial charge >= 0.3 is 6.03 Å². The average molecular weight is 404 g/mol. The Morgan fingerprint density at radius 2 is 1.77 bits per heavy atom. The number of para-hydroxylation sites is 1. The molecular weight excluding hydrogens is 380 g/mol. The van der Waals surface area contributed by atoms with Gasteiger partial charge in [-0.3, -0.25) is 14.5 Å². The highest BCUT2D eigenvalue weighted by Crippen LogP contribution is 2.31. The number of imide groups is 1. The second-order valence-electron chi connectivity index (χ2n) is 8.48. The molecule has 1 atom stereocenters. The second-order valence-corrected chi connectivity index (χ2v) is 8.48. The fourth-order valence-corrected chi connectivity index (χ4v) is 3.36. The van der Waals surface area contributed by atoms with Gasteiger partial charge in [0, 0.05) is 0 Å². The highest BCUT2D eigenvalue weighted by molar-refractivity contribution is 6.10. The molecule has 0 unspecified atom stereocenters. The fourth-order valence-electron chi connectivity index (χ4n) is 3.36. The van der Waals surface area contributed by atoms with Gasteiger partial charge in [-0.25, -0.2) is 4.79 Å². The standard InChI is InChI=1S/C23H24N4O3/c1-22(2,3)16-9-11-17(12-10-16)23(4)20(29)27(21(30)26-23)14-19(28)25-18-8-6-5-7-15(18)13-24/h5-12H,14H2,1-4H3,(H,25,28)(H,26,30)/t23-/m0/s1. The molecule has 1 saturated heterocycles. The minimum Gasteiger partial charge on any atom is -0.323 e. The number of carbonyl (C=O) groups is 3. The summed E-state index contributed by atoms with van der Waals surface area (Å²) >= 11 is 0. The lowest BCUT2D eigenvalue weighted by Crippen LogP contribution is -2.42. The van der Waals surface area contributed by atoms with E-state index in [-0.39, 0.29) is 5.41 Å². The van der Waals surface area contributed by atoms with E-state index in [0.29, 0.717) is 16.8 Å². The van der Waals surface area contributed by atoms with Crippen LogP contribution in [0.3, 0.4) is 0 Å². The molecule has 2 N–H and O–H groups in total. The number of benzene rings is 2. The summed E-state index contributed by atoms with van der Waals surface area (Å²) in [6, 6.07) is 15.4. The molecule has 0 spiro atoms. The number of nitriles is 1. The van der Waals surface area contributed by atoms with Crippen molar-refractivity contribution in [2.24, 2.45) is 0 Å². The molecule has 0 aromatic heterocycles. The number of rotatable bonds is 4. The predicted molar refractivity (Wildman–Crippen MR) is 113 cm³/mol. The van der Waals surface area contributed by atoms with E-state index < -0.39 is 29.9 Å². The number of hydrogen-bond acceptors (Lipinski definition) is 4. The lowest BCUT2D eigenvalue weighted by molar-refractivity contribution is -0.133. The van der Waals surface area contributed by atoms with E-state index in [1.807, 2.05) is 30.3 Å². The van der Waals surface area contributed by atoms with Crippen LogP contribution < -0.4 is 10.6 Å². The van der Waals surface area contributed by atoms with Crippen LogP contribution in [0.5, 0.6) is 0 Å². The number of hydrogen-bond donors (Lipinski definition) is 2. The number of urea groups is 1. The summed E-state index contributed by atoms with van der Waals surface area (Å²) in [5.41, 5.74) is 1.10. The molecule has 1 fully saturated rings. The number of amides is 4. The van der Waals surface area contributed by atoms with Crippen molar-refractivity contribution < 1.29 is 14.4 Å². The molecule has 4 amide bonds. The zero-order chi connectivity index (χ0) is 22.1. The first-order valence-electron chi connectivity index (χ1n) is 9.60. The lowest BCUT2D eigenvalue weighted by Gasteiger charge is -2.24. The third-order valence-corrected chi connectivity index (χ3v) is 5.23. The SMILES string of the molecule is CC(C)(C)c1ccc([C@]2(C)NC(=O)N(CC(=O)Nc3ccccc3C#N)C2=O)cc1. The van der Waals surface area contributed by atoms with E-state index in [9.17, 15) is 14.4 Å². The van der Waals surface area contributed by atoms with Gasteiger partial charge in [0.2, 0.25) is 5.91 Å². The molecule has 2 aromatic carbocycles. The van der Waals surface area contributed by atoms with E-state index in [0.717, 1.165) is 10.5 Å². The van der Waals surface area contributed by atoms with Crippen molar-refractivity contribution in [3.05, 3.63) is 65.2 Å². The van der Waals surface area contributed by atoms with Crippen LogP contribution in [-0.2, 0) is 20.5 Å². The van der Waals surface area contributed by atoms with E-state index in [1.165, 1.54) is 0 Å². The van der Waals surface area contributed by atoms with Crippen molar-refractivity contribution in [3.63, 3.8) is 0 Å². The quantitative estimate of drug-likeness (QED) is 0.764. The van der Waals surface area contributed by atoms with Crippen LogP contribution in [0.4, 0.5) is 10.5 Å². The summed E-state index contributed by atoms with van der Waals surface area (Å²) in [4.78, 5) is 38.8. The summed E-state index contributed by atoms with van der Waals surface area (Å²) in [5, 5.41) is 14.4. The summed E-state index contributed by atoms with van der Waals surface area (Å²) in [5.74, 6) is -1.06. The van der Waals surface area contributed by atoms with Gasteiger partial charge in [0.1, 0.15) is 18.2 Å². The minimum absolute atomic E-state index is 0.0355. The Labute approximate surface area is 175 Å². The third-order valence-electron chi connectivity index (χ3n) is 5.23. The Morgan fingerprint density at radius 1 is 1.13 bits per heavy atom. The van der Waals surface area contributed by atoms with Crippen LogP contribution >= 0.6 is 0 Å². The van der Waals surface area contributed by atoms with Gasteiger partial charge in [-0.15, -0.1) is 0 Å². The number of carbonyl (C=O) groups excluding carboxylic acids is 3. The van der Waals surface area contributed by atoms with Gasteiger partial charge in [0.25, 0.3) is 5.91 Å². The topological polar surface area (TPSA) is 102 Å². The molecule has 0 saturated carbocycles. The Hall–Kier alpha value is -3.66. The van der Waals surface area contributed by atoms with Crippen molar-refractivity contribution in [2.45, 2.75) is 38.6 Å². The molecule has 0 aliphatic carbocycles. The fraction of sp³-hybridized carbons (Fsp3) is 0.304. The molecule has 1 aliphatic heterocycles. The molecule has 3 rings (SSSR count). The molecule has 0 radical (unpaired) electrons. The first-order chi connectivity index (χ1) is 14.1. The normalized spacial score (nSPS) is 18.7. The molecule has 0 bridgehead atoms. The van der Waals surface area contributed by atoms with Crippen LogP contribution in [0, 0.1) is 11.3 Å². The zero-order valence-corrected chi connectivity index (χ0v) is 17.4. The summed E-state index contributed by atoms with van der Waals surface area (Å²) in [7, 11) is 0. The van der Waals surface area contributed by atoms with Crippen molar-refractivity contribution in [3.8, 4) is 6.07 Å².